The first-order chi connectivity index (χ1) is 11.5. The van der Waals surface area contributed by atoms with Gasteiger partial charge in [-0.25, -0.2) is 4.99 Å². The third-order valence-electron chi connectivity index (χ3n) is 4.43. The Morgan fingerprint density at radius 2 is 2.00 bits per heavy atom. The summed E-state index contributed by atoms with van der Waals surface area (Å²) in [4.78, 5) is 19.1. The Labute approximate surface area is 142 Å². The van der Waals surface area contributed by atoms with E-state index in [2.05, 4.69) is 4.99 Å². The maximum Gasteiger partial charge on any atom is 0.263 e. The standard InChI is InChI=1S/C18H24N2O4/c1-18(2)12-15(16(21)20-8-10-23-11-9-20)24-17(18)19-13-6-4-5-7-14(13)22-3/h4-7,15H,8-12H2,1-3H3. The molecule has 0 spiro atoms. The zero-order chi connectivity index (χ0) is 17.2. The molecule has 6 heteroatoms. The van der Waals surface area contributed by atoms with Gasteiger partial charge in [-0.2, -0.15) is 0 Å². The van der Waals surface area contributed by atoms with Gasteiger partial charge in [-0.05, 0) is 12.1 Å². The highest BCUT2D eigenvalue weighted by atomic mass is 16.5. The lowest BCUT2D eigenvalue weighted by Gasteiger charge is -2.28. The molecule has 3 rings (SSSR count). The van der Waals surface area contributed by atoms with Crippen LogP contribution in [0.15, 0.2) is 29.3 Å². The summed E-state index contributed by atoms with van der Waals surface area (Å²) >= 11 is 0. The maximum atomic E-state index is 12.7. The molecule has 1 aromatic carbocycles. The predicted molar refractivity (Wildman–Crippen MR) is 90.8 cm³/mol. The van der Waals surface area contributed by atoms with Crippen LogP contribution in [-0.2, 0) is 14.3 Å². The second kappa shape index (κ2) is 6.81. The van der Waals surface area contributed by atoms with Gasteiger partial charge in [0.05, 0.1) is 20.3 Å². The molecular formula is C18H24N2O4. The molecule has 1 amide bonds. The van der Waals surface area contributed by atoms with Crippen molar-refractivity contribution in [3.8, 4) is 5.75 Å². The van der Waals surface area contributed by atoms with Crippen LogP contribution >= 0.6 is 0 Å². The maximum absolute atomic E-state index is 12.7. The van der Waals surface area contributed by atoms with E-state index < -0.39 is 6.10 Å². The van der Waals surface area contributed by atoms with Crippen molar-refractivity contribution in [3.63, 3.8) is 0 Å². The topological polar surface area (TPSA) is 60.4 Å². The lowest BCUT2D eigenvalue weighted by Crippen LogP contribution is -2.45. The SMILES string of the molecule is COc1ccccc1N=C1OC(C(=O)N2CCOCC2)CC1(C)C. The molecule has 1 unspecified atom stereocenters. The van der Waals surface area contributed by atoms with Gasteiger partial charge in [-0.1, -0.05) is 26.0 Å². The number of morpholine rings is 1. The van der Waals surface area contributed by atoms with Crippen LogP contribution in [0.2, 0.25) is 0 Å². The molecule has 0 aliphatic carbocycles. The summed E-state index contributed by atoms with van der Waals surface area (Å²) in [5, 5.41) is 0. The van der Waals surface area contributed by atoms with Gasteiger partial charge in [0.25, 0.3) is 5.91 Å². The predicted octanol–water partition coefficient (Wildman–Crippen LogP) is 2.40. The van der Waals surface area contributed by atoms with Crippen LogP contribution in [0.25, 0.3) is 0 Å². The van der Waals surface area contributed by atoms with Gasteiger partial charge < -0.3 is 19.1 Å². The number of nitrogens with zero attached hydrogens (tertiary/aromatic N) is 2. The van der Waals surface area contributed by atoms with E-state index in [1.807, 2.05) is 43.0 Å². The first kappa shape index (κ1) is 16.8. The minimum Gasteiger partial charge on any atom is -0.494 e. The zero-order valence-corrected chi connectivity index (χ0v) is 14.4. The van der Waals surface area contributed by atoms with Crippen molar-refractivity contribution < 1.29 is 19.0 Å². The molecule has 2 aliphatic heterocycles. The summed E-state index contributed by atoms with van der Waals surface area (Å²) in [6.07, 6.45) is 0.142. The molecule has 0 N–H and O–H groups in total. The first-order valence-corrected chi connectivity index (χ1v) is 8.26. The second-order valence-electron chi connectivity index (χ2n) is 6.72. The number of methoxy groups -OCH3 is 1. The highest BCUT2D eigenvalue weighted by molar-refractivity contribution is 5.93. The molecule has 6 nitrogen and oxygen atoms in total. The molecule has 2 heterocycles. The van der Waals surface area contributed by atoms with Crippen LogP contribution in [0.1, 0.15) is 20.3 Å². The van der Waals surface area contributed by atoms with E-state index in [-0.39, 0.29) is 11.3 Å². The van der Waals surface area contributed by atoms with Crippen molar-refractivity contribution in [1.82, 2.24) is 4.90 Å². The summed E-state index contributed by atoms with van der Waals surface area (Å²) < 4.78 is 16.6. The quantitative estimate of drug-likeness (QED) is 0.853. The summed E-state index contributed by atoms with van der Waals surface area (Å²) in [5.74, 6) is 1.29. The van der Waals surface area contributed by atoms with Gasteiger partial charge in [0, 0.05) is 24.9 Å². The molecule has 0 aromatic heterocycles. The fraction of sp³-hybridized carbons (Fsp3) is 0.556. The number of para-hydroxylation sites is 2. The Hall–Kier alpha value is -2.08. The van der Waals surface area contributed by atoms with E-state index >= 15 is 0 Å². The molecule has 0 saturated carbocycles. The van der Waals surface area contributed by atoms with E-state index in [1.54, 1.807) is 7.11 Å². The molecule has 1 atom stereocenters. The van der Waals surface area contributed by atoms with Crippen molar-refractivity contribution in [1.29, 1.82) is 0 Å². The van der Waals surface area contributed by atoms with Crippen molar-refractivity contribution in [2.75, 3.05) is 33.4 Å². The van der Waals surface area contributed by atoms with E-state index in [9.17, 15) is 4.79 Å². The van der Waals surface area contributed by atoms with Gasteiger partial charge in [0.1, 0.15) is 11.4 Å². The number of benzene rings is 1. The monoisotopic (exact) mass is 332 g/mol. The van der Waals surface area contributed by atoms with Crippen LogP contribution in [-0.4, -0.2) is 56.2 Å². The average molecular weight is 332 g/mol. The number of carbonyl (C=O) groups excluding carboxylic acids is 1. The smallest absolute Gasteiger partial charge is 0.263 e. The molecule has 0 radical (unpaired) electrons. The minimum absolute atomic E-state index is 0.0246. The van der Waals surface area contributed by atoms with Crippen LogP contribution in [0.3, 0.4) is 0 Å². The van der Waals surface area contributed by atoms with Crippen LogP contribution < -0.4 is 4.74 Å². The normalized spacial score (nSPS) is 24.7. The number of carbonyl (C=O) groups is 1. The third kappa shape index (κ3) is 3.38. The van der Waals surface area contributed by atoms with Gasteiger partial charge >= 0.3 is 0 Å². The second-order valence-corrected chi connectivity index (χ2v) is 6.72. The Morgan fingerprint density at radius 1 is 1.29 bits per heavy atom. The van der Waals surface area contributed by atoms with E-state index in [0.717, 1.165) is 0 Å². The molecule has 2 saturated heterocycles. The van der Waals surface area contributed by atoms with E-state index in [1.165, 1.54) is 0 Å². The fourth-order valence-corrected chi connectivity index (χ4v) is 3.02. The minimum atomic E-state index is -0.480. The largest absolute Gasteiger partial charge is 0.494 e. The Bertz CT molecular complexity index is 636. The Morgan fingerprint density at radius 3 is 2.71 bits per heavy atom. The Balaban J connectivity index is 1.79. The lowest BCUT2D eigenvalue weighted by molar-refractivity contribution is -0.142. The number of aliphatic imine (C=N–C) groups is 1. The van der Waals surface area contributed by atoms with Gasteiger partial charge in [-0.3, -0.25) is 4.79 Å². The highest BCUT2D eigenvalue weighted by Gasteiger charge is 2.44. The first-order valence-electron chi connectivity index (χ1n) is 8.26. The number of hydrogen-bond acceptors (Lipinski definition) is 5. The summed E-state index contributed by atoms with van der Waals surface area (Å²) in [5.41, 5.74) is 0.413. The Kier molecular flexibility index (Phi) is 4.76. The van der Waals surface area contributed by atoms with Crippen molar-refractivity contribution in [3.05, 3.63) is 24.3 Å². The number of rotatable bonds is 3. The zero-order valence-electron chi connectivity index (χ0n) is 14.4. The number of amides is 1. The molecule has 1 aromatic rings. The summed E-state index contributed by atoms with van der Waals surface area (Å²) in [6.45, 7) is 6.52. The van der Waals surface area contributed by atoms with Gasteiger partial charge in [-0.15, -0.1) is 0 Å². The van der Waals surface area contributed by atoms with Crippen LogP contribution in [0.4, 0.5) is 5.69 Å². The molecule has 2 fully saturated rings. The number of hydrogen-bond donors (Lipinski definition) is 0. The highest BCUT2D eigenvalue weighted by Crippen LogP contribution is 2.38. The van der Waals surface area contributed by atoms with E-state index in [0.29, 0.717) is 50.1 Å². The summed E-state index contributed by atoms with van der Waals surface area (Å²) in [6, 6.07) is 7.54. The molecule has 2 aliphatic rings. The molecular weight excluding hydrogens is 308 g/mol. The van der Waals surface area contributed by atoms with Crippen LogP contribution in [0.5, 0.6) is 5.75 Å². The molecule has 24 heavy (non-hydrogen) atoms. The number of ether oxygens (including phenoxy) is 3. The van der Waals surface area contributed by atoms with Gasteiger partial charge in [0.2, 0.25) is 0 Å². The lowest BCUT2D eigenvalue weighted by atomic mass is 9.89. The molecule has 0 bridgehead atoms. The van der Waals surface area contributed by atoms with E-state index in [4.69, 9.17) is 14.2 Å². The van der Waals surface area contributed by atoms with Crippen molar-refractivity contribution in [2.24, 2.45) is 10.4 Å². The van der Waals surface area contributed by atoms with Crippen LogP contribution in [0, 0.1) is 5.41 Å². The average Bonchev–Trinajstić information content (AvgIpc) is 2.90. The molecule has 130 valence electrons. The fourth-order valence-electron chi connectivity index (χ4n) is 3.02. The van der Waals surface area contributed by atoms with Crippen molar-refractivity contribution >= 4 is 17.5 Å². The van der Waals surface area contributed by atoms with Crippen molar-refractivity contribution in [2.45, 2.75) is 26.4 Å². The van der Waals surface area contributed by atoms with Gasteiger partial charge in [0.15, 0.2) is 12.0 Å². The summed E-state index contributed by atoms with van der Waals surface area (Å²) in [7, 11) is 1.62. The third-order valence-corrected chi connectivity index (χ3v) is 4.43.